The number of methoxy groups -OCH3 is 2. The molecule has 0 saturated carbocycles. The van der Waals surface area contributed by atoms with Gasteiger partial charge < -0.3 is 9.47 Å². The number of amides is 4. The second-order valence-electron chi connectivity index (χ2n) is 5.41. The number of nitrogens with one attached hydrogen (secondary N) is 1. The molecule has 1 aromatic carbocycles. The first-order chi connectivity index (χ1) is 13.0. The van der Waals surface area contributed by atoms with Gasteiger partial charge in [0.25, 0.3) is 11.8 Å². The summed E-state index contributed by atoms with van der Waals surface area (Å²) in [7, 11) is 3.01. The lowest BCUT2D eigenvalue weighted by molar-refractivity contribution is -0.122. The molecule has 0 atom stereocenters. The number of barbiturate groups is 1. The molecule has 9 heteroatoms. The highest BCUT2D eigenvalue weighted by Gasteiger charge is 2.36. The van der Waals surface area contributed by atoms with Gasteiger partial charge in [0, 0.05) is 6.20 Å². The molecule has 1 aliphatic rings. The number of imide groups is 2. The summed E-state index contributed by atoms with van der Waals surface area (Å²) in [5.74, 6) is -0.497. The van der Waals surface area contributed by atoms with Gasteiger partial charge >= 0.3 is 6.03 Å². The van der Waals surface area contributed by atoms with Crippen molar-refractivity contribution >= 4 is 52.2 Å². The number of urea groups is 1. The van der Waals surface area contributed by atoms with Crippen LogP contribution in [0.2, 0.25) is 0 Å². The van der Waals surface area contributed by atoms with Gasteiger partial charge in [0.05, 0.1) is 29.7 Å². The molecular weight excluding hydrogens is 465 g/mol. The fraction of sp³-hybridized carbons (Fsp3) is 0.111. The fourth-order valence-electron chi connectivity index (χ4n) is 2.57. The van der Waals surface area contributed by atoms with Crippen molar-refractivity contribution in [2.24, 2.45) is 0 Å². The molecule has 2 heterocycles. The van der Waals surface area contributed by atoms with E-state index < -0.39 is 17.8 Å². The lowest BCUT2D eigenvalue weighted by Gasteiger charge is -2.26. The molecule has 1 aliphatic heterocycles. The van der Waals surface area contributed by atoms with Gasteiger partial charge in [-0.15, -0.1) is 0 Å². The van der Waals surface area contributed by atoms with Crippen molar-refractivity contribution in [3.8, 4) is 11.5 Å². The van der Waals surface area contributed by atoms with E-state index >= 15 is 0 Å². The first-order valence-electron chi connectivity index (χ1n) is 7.69. The summed E-state index contributed by atoms with van der Waals surface area (Å²) in [4.78, 5) is 41.9. The standard InChI is InChI=1S/C18H14IN3O5/c1-26-14-8-10(7-13(19)15(14)27-2)6-12-16(23)21-18(25)22(17(12)24)11-4-3-5-20-9-11/h3-9H,1-2H3,(H,21,23,25)/b12-6+. The molecule has 138 valence electrons. The first kappa shape index (κ1) is 18.8. The van der Waals surface area contributed by atoms with Crippen LogP contribution in [0.3, 0.4) is 0 Å². The number of aromatic nitrogens is 1. The van der Waals surface area contributed by atoms with Crippen molar-refractivity contribution in [2.45, 2.75) is 0 Å². The maximum Gasteiger partial charge on any atom is 0.336 e. The van der Waals surface area contributed by atoms with Crippen LogP contribution in [0.4, 0.5) is 10.5 Å². The van der Waals surface area contributed by atoms with Crippen LogP contribution < -0.4 is 19.7 Å². The van der Waals surface area contributed by atoms with Gasteiger partial charge in [0.15, 0.2) is 11.5 Å². The summed E-state index contributed by atoms with van der Waals surface area (Å²) in [5, 5.41) is 2.17. The Balaban J connectivity index is 2.05. The average Bonchev–Trinajstić information content (AvgIpc) is 2.65. The van der Waals surface area contributed by atoms with E-state index in [9.17, 15) is 14.4 Å². The first-order valence-corrected chi connectivity index (χ1v) is 8.77. The predicted molar refractivity (Wildman–Crippen MR) is 106 cm³/mol. The predicted octanol–water partition coefficient (Wildman–Crippen LogP) is 2.37. The summed E-state index contributed by atoms with van der Waals surface area (Å²) in [6, 6.07) is 5.70. The van der Waals surface area contributed by atoms with Gasteiger partial charge in [-0.3, -0.25) is 19.9 Å². The van der Waals surface area contributed by atoms with E-state index in [1.54, 1.807) is 24.3 Å². The highest BCUT2D eigenvalue weighted by Crippen LogP contribution is 2.34. The third kappa shape index (κ3) is 3.63. The molecule has 1 aromatic heterocycles. The van der Waals surface area contributed by atoms with Crippen LogP contribution in [0.25, 0.3) is 6.08 Å². The minimum atomic E-state index is -0.822. The number of carbonyl (C=O) groups is 3. The van der Waals surface area contributed by atoms with Crippen molar-refractivity contribution < 1.29 is 23.9 Å². The SMILES string of the molecule is COc1cc(/C=C2\C(=O)NC(=O)N(c3cccnc3)C2=O)cc(I)c1OC. The number of halogens is 1. The minimum absolute atomic E-state index is 0.179. The van der Waals surface area contributed by atoms with Crippen LogP contribution in [-0.2, 0) is 9.59 Å². The summed E-state index contributed by atoms with van der Waals surface area (Å²) in [6.45, 7) is 0. The van der Waals surface area contributed by atoms with Crippen LogP contribution in [-0.4, -0.2) is 37.0 Å². The van der Waals surface area contributed by atoms with E-state index in [1.807, 2.05) is 0 Å². The highest BCUT2D eigenvalue weighted by molar-refractivity contribution is 14.1. The Labute approximate surface area is 168 Å². The Morgan fingerprint density at radius 3 is 2.59 bits per heavy atom. The number of ether oxygens (including phenoxy) is 2. The van der Waals surface area contributed by atoms with Crippen molar-refractivity contribution in [1.82, 2.24) is 10.3 Å². The van der Waals surface area contributed by atoms with E-state index in [-0.39, 0.29) is 11.3 Å². The Hall–Kier alpha value is -2.95. The maximum absolute atomic E-state index is 12.8. The molecule has 1 saturated heterocycles. The number of anilines is 1. The third-order valence-corrected chi connectivity index (χ3v) is 4.57. The fourth-order valence-corrected chi connectivity index (χ4v) is 3.41. The zero-order chi connectivity index (χ0) is 19.6. The Morgan fingerprint density at radius 1 is 1.19 bits per heavy atom. The zero-order valence-corrected chi connectivity index (χ0v) is 16.5. The third-order valence-electron chi connectivity index (χ3n) is 3.77. The molecule has 2 aromatic rings. The molecule has 4 amide bonds. The summed E-state index contributed by atoms with van der Waals surface area (Å²) in [5.41, 5.74) is 0.637. The van der Waals surface area contributed by atoms with E-state index in [1.165, 1.54) is 32.7 Å². The highest BCUT2D eigenvalue weighted by atomic mass is 127. The van der Waals surface area contributed by atoms with Crippen molar-refractivity contribution in [2.75, 3.05) is 19.1 Å². The van der Waals surface area contributed by atoms with E-state index in [0.717, 1.165) is 8.47 Å². The largest absolute Gasteiger partial charge is 0.493 e. The summed E-state index contributed by atoms with van der Waals surface area (Å²) < 4.78 is 11.3. The normalized spacial score (nSPS) is 15.7. The molecular formula is C18H14IN3O5. The number of pyridine rings is 1. The average molecular weight is 479 g/mol. The quantitative estimate of drug-likeness (QED) is 0.411. The van der Waals surface area contributed by atoms with Gasteiger partial charge in [0.2, 0.25) is 0 Å². The number of carbonyl (C=O) groups excluding carboxylic acids is 3. The molecule has 0 aliphatic carbocycles. The molecule has 8 nitrogen and oxygen atoms in total. The lowest BCUT2D eigenvalue weighted by atomic mass is 10.1. The number of hydrogen-bond donors (Lipinski definition) is 1. The summed E-state index contributed by atoms with van der Waals surface area (Å²) >= 11 is 2.06. The van der Waals surface area contributed by atoms with Crippen molar-refractivity contribution in [3.63, 3.8) is 0 Å². The monoisotopic (exact) mass is 479 g/mol. The second kappa shape index (κ2) is 7.74. The van der Waals surface area contributed by atoms with E-state index in [4.69, 9.17) is 9.47 Å². The van der Waals surface area contributed by atoms with E-state index in [0.29, 0.717) is 17.1 Å². The second-order valence-corrected chi connectivity index (χ2v) is 6.57. The summed E-state index contributed by atoms with van der Waals surface area (Å²) in [6.07, 6.45) is 4.28. The molecule has 0 bridgehead atoms. The van der Waals surface area contributed by atoms with Crippen LogP contribution in [0, 0.1) is 3.57 Å². The van der Waals surface area contributed by atoms with Gasteiger partial charge in [-0.25, -0.2) is 9.69 Å². The molecule has 1 fully saturated rings. The van der Waals surface area contributed by atoms with Gasteiger partial charge in [-0.1, -0.05) is 0 Å². The van der Waals surface area contributed by atoms with Gasteiger partial charge in [0.1, 0.15) is 5.57 Å². The molecule has 27 heavy (non-hydrogen) atoms. The number of hydrogen-bond acceptors (Lipinski definition) is 6. The van der Waals surface area contributed by atoms with Crippen LogP contribution >= 0.6 is 22.6 Å². The molecule has 0 spiro atoms. The maximum atomic E-state index is 12.8. The topological polar surface area (TPSA) is 97.8 Å². The Kier molecular flexibility index (Phi) is 5.40. The lowest BCUT2D eigenvalue weighted by Crippen LogP contribution is -2.54. The molecule has 0 radical (unpaired) electrons. The van der Waals surface area contributed by atoms with Gasteiger partial charge in [-0.2, -0.15) is 0 Å². The number of nitrogens with zero attached hydrogens (tertiary/aromatic N) is 2. The van der Waals surface area contributed by atoms with Crippen molar-refractivity contribution in [3.05, 3.63) is 51.4 Å². The number of rotatable bonds is 4. The van der Waals surface area contributed by atoms with Crippen molar-refractivity contribution in [1.29, 1.82) is 0 Å². The van der Waals surface area contributed by atoms with Crippen LogP contribution in [0.15, 0.2) is 42.2 Å². The Bertz CT molecular complexity index is 959. The molecule has 1 N–H and O–H groups in total. The van der Waals surface area contributed by atoms with E-state index in [2.05, 4.69) is 32.9 Å². The van der Waals surface area contributed by atoms with Crippen LogP contribution in [0.5, 0.6) is 11.5 Å². The smallest absolute Gasteiger partial charge is 0.336 e. The molecule has 3 rings (SSSR count). The zero-order valence-electron chi connectivity index (χ0n) is 14.4. The Morgan fingerprint density at radius 2 is 1.96 bits per heavy atom. The minimum Gasteiger partial charge on any atom is -0.493 e. The number of benzene rings is 1. The molecule has 0 unspecified atom stereocenters. The van der Waals surface area contributed by atoms with Crippen LogP contribution in [0.1, 0.15) is 5.56 Å². The van der Waals surface area contributed by atoms with Gasteiger partial charge in [-0.05, 0) is 58.5 Å².